The van der Waals surface area contributed by atoms with E-state index in [1.54, 1.807) is 6.08 Å². The number of para-hydroxylation sites is 1. The molecular formula is C22H20N2O3. The maximum Gasteiger partial charge on any atom is 0.331 e. The van der Waals surface area contributed by atoms with Gasteiger partial charge in [-0.3, -0.25) is 4.79 Å². The first kappa shape index (κ1) is 18.3. The van der Waals surface area contributed by atoms with E-state index in [4.69, 9.17) is 4.74 Å². The molecule has 0 aliphatic heterocycles. The topological polar surface area (TPSA) is 68.3 Å². The number of nitrogens with zero attached hydrogens (tertiary/aromatic N) is 1. The third-order valence-electron chi connectivity index (χ3n) is 4.15. The number of ether oxygens (including phenoxy) is 1. The zero-order chi connectivity index (χ0) is 19.2. The summed E-state index contributed by atoms with van der Waals surface area (Å²) in [4.78, 5) is 28.2. The fraction of sp³-hybridized carbons (Fsp3) is 0.136. The minimum atomic E-state index is -0.597. The van der Waals surface area contributed by atoms with Gasteiger partial charge >= 0.3 is 5.97 Å². The van der Waals surface area contributed by atoms with Crippen LogP contribution in [0.3, 0.4) is 0 Å². The number of anilines is 1. The number of hydrogen-bond acceptors (Lipinski definition) is 4. The molecule has 0 aliphatic carbocycles. The molecule has 0 bridgehead atoms. The van der Waals surface area contributed by atoms with E-state index in [9.17, 15) is 9.59 Å². The Balaban J connectivity index is 1.52. The van der Waals surface area contributed by atoms with Gasteiger partial charge in [0.15, 0.2) is 6.61 Å². The smallest absolute Gasteiger partial charge is 0.331 e. The number of aryl methyl sites for hydroxylation is 2. The Morgan fingerprint density at radius 1 is 1.04 bits per heavy atom. The van der Waals surface area contributed by atoms with Crippen molar-refractivity contribution in [2.45, 2.75) is 13.8 Å². The lowest BCUT2D eigenvalue weighted by Gasteiger charge is -2.07. The molecule has 5 heteroatoms. The van der Waals surface area contributed by atoms with Crippen molar-refractivity contribution in [3.8, 4) is 0 Å². The summed E-state index contributed by atoms with van der Waals surface area (Å²) in [5.74, 6) is -0.982. The Hall–Kier alpha value is -3.47. The molecule has 0 spiro atoms. The Labute approximate surface area is 157 Å². The van der Waals surface area contributed by atoms with Crippen LogP contribution in [0.5, 0.6) is 0 Å². The number of carbonyl (C=O) groups is 2. The highest BCUT2D eigenvalue weighted by Gasteiger charge is 2.06. The van der Waals surface area contributed by atoms with E-state index in [0.29, 0.717) is 11.4 Å². The van der Waals surface area contributed by atoms with Crippen LogP contribution < -0.4 is 5.32 Å². The lowest BCUT2D eigenvalue weighted by Crippen LogP contribution is -2.20. The fourth-order valence-corrected chi connectivity index (χ4v) is 2.53. The highest BCUT2D eigenvalue weighted by Crippen LogP contribution is 2.14. The highest BCUT2D eigenvalue weighted by atomic mass is 16.5. The first-order chi connectivity index (χ1) is 13.0. The summed E-state index contributed by atoms with van der Waals surface area (Å²) in [5, 5.41) is 3.73. The van der Waals surface area contributed by atoms with E-state index in [-0.39, 0.29) is 12.5 Å². The van der Waals surface area contributed by atoms with Crippen molar-refractivity contribution in [2.75, 3.05) is 11.9 Å². The van der Waals surface area contributed by atoms with Crippen molar-refractivity contribution in [2.24, 2.45) is 0 Å². The molecule has 1 amide bonds. The van der Waals surface area contributed by atoms with Gasteiger partial charge < -0.3 is 10.1 Å². The molecule has 0 unspecified atom stereocenters. The van der Waals surface area contributed by atoms with Crippen LogP contribution in [-0.2, 0) is 14.3 Å². The van der Waals surface area contributed by atoms with Gasteiger partial charge in [0.25, 0.3) is 5.91 Å². The molecule has 5 nitrogen and oxygen atoms in total. The summed E-state index contributed by atoms with van der Waals surface area (Å²) in [6.45, 7) is 3.62. The molecule has 3 rings (SSSR count). The Morgan fingerprint density at radius 3 is 2.67 bits per heavy atom. The lowest BCUT2D eigenvalue weighted by atomic mass is 10.1. The van der Waals surface area contributed by atoms with Gasteiger partial charge in [0.05, 0.1) is 11.2 Å². The predicted octanol–water partition coefficient (Wildman–Crippen LogP) is 4.05. The number of benzene rings is 2. The maximum absolute atomic E-state index is 11.9. The standard InChI is InChI=1S/C22H20N2O3/c1-15-7-9-19(13-16(15)2)24-21(25)14-27-22(26)12-11-18-10-8-17-5-3-4-6-20(17)23-18/h3-13H,14H2,1-2H3,(H,24,25)/b12-11+. The largest absolute Gasteiger partial charge is 0.452 e. The molecule has 0 radical (unpaired) electrons. The molecule has 1 N–H and O–H groups in total. The van der Waals surface area contributed by atoms with Gasteiger partial charge in [-0.1, -0.05) is 30.3 Å². The van der Waals surface area contributed by atoms with Crippen LogP contribution in [0.2, 0.25) is 0 Å². The van der Waals surface area contributed by atoms with Gasteiger partial charge in [0.1, 0.15) is 0 Å². The van der Waals surface area contributed by atoms with Crippen molar-refractivity contribution in [3.63, 3.8) is 0 Å². The summed E-state index contributed by atoms with van der Waals surface area (Å²) in [6, 6.07) is 17.1. The molecule has 2 aromatic carbocycles. The monoisotopic (exact) mass is 360 g/mol. The second-order valence-electron chi connectivity index (χ2n) is 6.22. The zero-order valence-corrected chi connectivity index (χ0v) is 15.2. The second kappa shape index (κ2) is 8.27. The summed E-state index contributed by atoms with van der Waals surface area (Å²) in [6.07, 6.45) is 2.83. The SMILES string of the molecule is Cc1ccc(NC(=O)COC(=O)/C=C/c2ccc3ccccc3n2)cc1C. The lowest BCUT2D eigenvalue weighted by molar-refractivity contribution is -0.142. The molecule has 1 aromatic heterocycles. The van der Waals surface area contributed by atoms with Crippen LogP contribution in [0.25, 0.3) is 17.0 Å². The van der Waals surface area contributed by atoms with Gasteiger partial charge in [-0.25, -0.2) is 9.78 Å². The average Bonchev–Trinajstić information content (AvgIpc) is 2.67. The molecule has 0 saturated carbocycles. The molecular weight excluding hydrogens is 340 g/mol. The summed E-state index contributed by atoms with van der Waals surface area (Å²) in [5.41, 5.74) is 4.39. The van der Waals surface area contributed by atoms with Gasteiger partial charge in [0.2, 0.25) is 0 Å². The van der Waals surface area contributed by atoms with Gasteiger partial charge in [-0.2, -0.15) is 0 Å². The number of carbonyl (C=O) groups excluding carboxylic acids is 2. The molecule has 3 aromatic rings. The molecule has 0 atom stereocenters. The van der Waals surface area contributed by atoms with Crippen LogP contribution in [0.1, 0.15) is 16.8 Å². The van der Waals surface area contributed by atoms with Crippen molar-refractivity contribution >= 4 is 34.5 Å². The van der Waals surface area contributed by atoms with Crippen LogP contribution in [0.15, 0.2) is 60.7 Å². The molecule has 0 aliphatic rings. The van der Waals surface area contributed by atoms with Crippen LogP contribution >= 0.6 is 0 Å². The molecule has 1 heterocycles. The molecule has 136 valence electrons. The predicted molar refractivity (Wildman–Crippen MR) is 106 cm³/mol. The normalized spacial score (nSPS) is 10.9. The number of rotatable bonds is 5. The van der Waals surface area contributed by atoms with Gasteiger partial charge in [-0.05, 0) is 55.3 Å². The number of esters is 1. The minimum absolute atomic E-state index is 0.346. The minimum Gasteiger partial charge on any atom is -0.452 e. The molecule has 27 heavy (non-hydrogen) atoms. The first-order valence-electron chi connectivity index (χ1n) is 8.59. The van der Waals surface area contributed by atoms with E-state index in [0.717, 1.165) is 22.0 Å². The summed E-state index contributed by atoms with van der Waals surface area (Å²) in [7, 11) is 0. The fourth-order valence-electron chi connectivity index (χ4n) is 2.53. The van der Waals surface area contributed by atoms with Crippen LogP contribution in [-0.4, -0.2) is 23.5 Å². The average molecular weight is 360 g/mol. The van der Waals surface area contributed by atoms with E-state index in [1.807, 2.05) is 68.4 Å². The summed E-state index contributed by atoms with van der Waals surface area (Å²) < 4.78 is 4.97. The number of nitrogens with one attached hydrogen (secondary N) is 1. The number of pyridine rings is 1. The second-order valence-corrected chi connectivity index (χ2v) is 6.22. The van der Waals surface area contributed by atoms with E-state index in [1.165, 1.54) is 6.08 Å². The number of fused-ring (bicyclic) bond motifs is 1. The maximum atomic E-state index is 11.9. The van der Waals surface area contributed by atoms with Crippen LogP contribution in [0, 0.1) is 13.8 Å². The number of amides is 1. The highest BCUT2D eigenvalue weighted by molar-refractivity contribution is 5.94. The Kier molecular flexibility index (Phi) is 5.61. The van der Waals surface area contributed by atoms with Crippen molar-refractivity contribution in [3.05, 3.63) is 77.5 Å². The van der Waals surface area contributed by atoms with Gasteiger partial charge in [-0.15, -0.1) is 0 Å². The van der Waals surface area contributed by atoms with E-state index in [2.05, 4.69) is 10.3 Å². The molecule has 0 fully saturated rings. The molecule has 0 saturated heterocycles. The van der Waals surface area contributed by atoms with Crippen molar-refractivity contribution < 1.29 is 14.3 Å². The van der Waals surface area contributed by atoms with Gasteiger partial charge in [0, 0.05) is 17.1 Å². The van der Waals surface area contributed by atoms with E-state index < -0.39 is 5.97 Å². The quantitative estimate of drug-likeness (QED) is 0.551. The third-order valence-corrected chi connectivity index (χ3v) is 4.15. The zero-order valence-electron chi connectivity index (χ0n) is 15.2. The van der Waals surface area contributed by atoms with Crippen LogP contribution in [0.4, 0.5) is 5.69 Å². The van der Waals surface area contributed by atoms with E-state index >= 15 is 0 Å². The first-order valence-corrected chi connectivity index (χ1v) is 8.59. The van der Waals surface area contributed by atoms with Crippen molar-refractivity contribution in [1.29, 1.82) is 0 Å². The number of hydrogen-bond donors (Lipinski definition) is 1. The summed E-state index contributed by atoms with van der Waals surface area (Å²) >= 11 is 0. The third kappa shape index (κ3) is 5.01. The van der Waals surface area contributed by atoms with Crippen molar-refractivity contribution in [1.82, 2.24) is 4.98 Å². The Morgan fingerprint density at radius 2 is 1.85 bits per heavy atom. The Bertz CT molecular complexity index is 1020. The number of aromatic nitrogens is 1.